The summed E-state index contributed by atoms with van der Waals surface area (Å²) in [6.07, 6.45) is -3.43. The number of benzene rings is 2. The number of hydrogen-bond donors (Lipinski definition) is 1. The van der Waals surface area contributed by atoms with Crippen LogP contribution in [0.1, 0.15) is 5.56 Å². The third-order valence-corrected chi connectivity index (χ3v) is 4.93. The molecular weight excluding hydrogens is 454 g/mol. The fraction of sp³-hybridized carbons (Fsp3) is 0.118. The second-order valence-corrected chi connectivity index (χ2v) is 7.27. The number of oxime groups is 1. The fourth-order valence-electron chi connectivity index (χ4n) is 2.10. The van der Waals surface area contributed by atoms with Gasteiger partial charge in [-0.2, -0.15) is 0 Å². The summed E-state index contributed by atoms with van der Waals surface area (Å²) in [6, 6.07) is 8.53. The predicted molar refractivity (Wildman–Crippen MR) is 105 cm³/mol. The van der Waals surface area contributed by atoms with Crippen molar-refractivity contribution in [2.45, 2.75) is 6.36 Å². The molecule has 0 spiro atoms. The number of anilines is 1. The molecule has 6 nitrogen and oxygen atoms in total. The molecular formula is C17H10Cl2F3N3O3S. The molecule has 3 aromatic rings. The maximum atomic E-state index is 12.3. The number of fused-ring (bicyclic) bond motifs is 1. The number of halogens is 5. The van der Waals surface area contributed by atoms with Gasteiger partial charge in [0.05, 0.1) is 26.5 Å². The number of ether oxygens (including phenoxy) is 1. The number of aromatic nitrogens is 1. The molecule has 0 aliphatic heterocycles. The molecule has 0 fully saturated rings. The Kier molecular flexibility index (Phi) is 6.46. The predicted octanol–water partition coefficient (Wildman–Crippen LogP) is 5.49. The highest BCUT2D eigenvalue weighted by atomic mass is 35.5. The number of nitrogens with one attached hydrogen (secondary N) is 1. The average molecular weight is 464 g/mol. The number of thiazole rings is 1. The van der Waals surface area contributed by atoms with Gasteiger partial charge in [0, 0.05) is 6.07 Å². The van der Waals surface area contributed by atoms with Gasteiger partial charge in [-0.25, -0.2) is 4.98 Å². The minimum atomic E-state index is -4.79. The highest BCUT2D eigenvalue weighted by Crippen LogP contribution is 2.31. The summed E-state index contributed by atoms with van der Waals surface area (Å²) in [7, 11) is 0. The largest absolute Gasteiger partial charge is 0.573 e. The van der Waals surface area contributed by atoms with E-state index >= 15 is 0 Å². The second kappa shape index (κ2) is 8.85. The quantitative estimate of drug-likeness (QED) is 0.387. The highest BCUT2D eigenvalue weighted by Gasteiger charge is 2.31. The minimum absolute atomic E-state index is 0.200. The summed E-state index contributed by atoms with van der Waals surface area (Å²) in [6.45, 7) is -0.393. The summed E-state index contributed by atoms with van der Waals surface area (Å²) in [5.74, 6) is -0.909. The molecule has 0 aliphatic rings. The van der Waals surface area contributed by atoms with Crippen molar-refractivity contribution >= 4 is 62.0 Å². The standard InChI is InChI=1S/C17H10Cl2F3N3O3S/c18-11-3-1-9(5-12(11)19)7-23-27-8-15(26)25-16-24-13-4-2-10(6-14(13)29-16)28-17(20,21)22/h1-7H,8H2,(H,24,25,26)/b23-7+. The molecule has 1 amide bonds. The van der Waals surface area contributed by atoms with Gasteiger partial charge in [-0.15, -0.1) is 13.2 Å². The topological polar surface area (TPSA) is 72.8 Å². The van der Waals surface area contributed by atoms with E-state index in [0.717, 1.165) is 17.4 Å². The molecule has 1 aromatic heterocycles. The Hall–Kier alpha value is -2.56. The number of alkyl halides is 3. The van der Waals surface area contributed by atoms with Crippen LogP contribution >= 0.6 is 34.5 Å². The van der Waals surface area contributed by atoms with Crippen LogP contribution in [0.5, 0.6) is 5.75 Å². The number of rotatable bonds is 6. The number of amides is 1. The van der Waals surface area contributed by atoms with Gasteiger partial charge >= 0.3 is 6.36 Å². The molecule has 0 unspecified atom stereocenters. The molecule has 0 radical (unpaired) electrons. The van der Waals surface area contributed by atoms with E-state index in [-0.39, 0.29) is 10.9 Å². The number of carbonyl (C=O) groups is 1. The van der Waals surface area contributed by atoms with Crippen LogP contribution in [0.3, 0.4) is 0 Å². The van der Waals surface area contributed by atoms with Crippen LogP contribution in [-0.2, 0) is 9.63 Å². The monoisotopic (exact) mass is 463 g/mol. The summed E-state index contributed by atoms with van der Waals surface area (Å²) in [5, 5.41) is 7.09. The van der Waals surface area contributed by atoms with Gasteiger partial charge < -0.3 is 9.57 Å². The first kappa shape index (κ1) is 21.2. The third kappa shape index (κ3) is 6.21. The highest BCUT2D eigenvalue weighted by molar-refractivity contribution is 7.22. The summed E-state index contributed by atoms with van der Waals surface area (Å²) < 4.78 is 41.1. The van der Waals surface area contributed by atoms with E-state index in [0.29, 0.717) is 25.8 Å². The van der Waals surface area contributed by atoms with Gasteiger partial charge in [-0.05, 0) is 29.8 Å². The molecule has 0 bridgehead atoms. The number of carbonyl (C=O) groups excluding carboxylic acids is 1. The first-order valence-electron chi connectivity index (χ1n) is 7.76. The molecule has 12 heteroatoms. The first-order valence-corrected chi connectivity index (χ1v) is 9.33. The molecule has 29 heavy (non-hydrogen) atoms. The Morgan fingerprint density at radius 3 is 2.72 bits per heavy atom. The van der Waals surface area contributed by atoms with Crippen LogP contribution in [0, 0.1) is 0 Å². The van der Waals surface area contributed by atoms with Crippen LogP contribution in [0.25, 0.3) is 10.2 Å². The zero-order chi connectivity index (χ0) is 21.0. The Balaban J connectivity index is 1.55. The third-order valence-electron chi connectivity index (χ3n) is 3.26. The van der Waals surface area contributed by atoms with Gasteiger partial charge in [0.2, 0.25) is 0 Å². The fourth-order valence-corrected chi connectivity index (χ4v) is 3.31. The van der Waals surface area contributed by atoms with Crippen molar-refractivity contribution in [3.8, 4) is 5.75 Å². The summed E-state index contributed by atoms with van der Waals surface area (Å²) in [5.41, 5.74) is 1.04. The van der Waals surface area contributed by atoms with Crippen LogP contribution in [-0.4, -0.2) is 30.1 Å². The number of nitrogens with zero attached hydrogens (tertiary/aromatic N) is 2. The zero-order valence-corrected chi connectivity index (χ0v) is 16.5. The van der Waals surface area contributed by atoms with Gasteiger partial charge in [-0.1, -0.05) is 45.8 Å². The van der Waals surface area contributed by atoms with Gasteiger partial charge in [0.15, 0.2) is 11.7 Å². The lowest BCUT2D eigenvalue weighted by molar-refractivity contribution is -0.274. The summed E-state index contributed by atoms with van der Waals surface area (Å²) in [4.78, 5) is 20.9. The van der Waals surface area contributed by atoms with Crippen molar-refractivity contribution in [2.24, 2.45) is 5.16 Å². The Morgan fingerprint density at radius 2 is 2.00 bits per heavy atom. The minimum Gasteiger partial charge on any atom is -0.406 e. The lowest BCUT2D eigenvalue weighted by Crippen LogP contribution is -2.16. The number of hydrogen-bond acceptors (Lipinski definition) is 6. The van der Waals surface area contributed by atoms with Crippen LogP contribution in [0.15, 0.2) is 41.6 Å². The lowest BCUT2D eigenvalue weighted by atomic mass is 10.2. The molecule has 1 heterocycles. The van der Waals surface area contributed by atoms with Gasteiger partial charge in [0.1, 0.15) is 5.75 Å². The molecule has 0 aliphatic carbocycles. The Labute approximate surface area is 175 Å². The van der Waals surface area contributed by atoms with Crippen molar-refractivity contribution in [1.82, 2.24) is 4.98 Å². The maximum Gasteiger partial charge on any atom is 0.573 e. The molecule has 0 saturated heterocycles. The second-order valence-electron chi connectivity index (χ2n) is 5.43. The van der Waals surface area contributed by atoms with Crippen molar-refractivity contribution < 1.29 is 27.5 Å². The van der Waals surface area contributed by atoms with E-state index in [9.17, 15) is 18.0 Å². The molecule has 2 aromatic carbocycles. The SMILES string of the molecule is O=C(CO/N=C/c1ccc(Cl)c(Cl)c1)Nc1nc2ccc(OC(F)(F)F)cc2s1. The van der Waals surface area contributed by atoms with Crippen molar-refractivity contribution in [3.63, 3.8) is 0 Å². The molecule has 0 atom stereocenters. The molecule has 1 N–H and O–H groups in total. The molecule has 0 saturated carbocycles. The van der Waals surface area contributed by atoms with Gasteiger partial charge in [-0.3, -0.25) is 10.1 Å². The van der Waals surface area contributed by atoms with E-state index in [2.05, 4.69) is 20.2 Å². The maximum absolute atomic E-state index is 12.3. The Morgan fingerprint density at radius 1 is 1.21 bits per heavy atom. The zero-order valence-electron chi connectivity index (χ0n) is 14.2. The van der Waals surface area contributed by atoms with Crippen LogP contribution < -0.4 is 10.1 Å². The van der Waals surface area contributed by atoms with E-state index < -0.39 is 18.9 Å². The first-order chi connectivity index (χ1) is 13.7. The van der Waals surface area contributed by atoms with E-state index in [1.54, 1.807) is 18.2 Å². The van der Waals surface area contributed by atoms with Crippen LogP contribution in [0.2, 0.25) is 10.0 Å². The van der Waals surface area contributed by atoms with E-state index in [1.165, 1.54) is 18.3 Å². The summed E-state index contributed by atoms with van der Waals surface area (Å²) >= 11 is 12.7. The Bertz CT molecular complexity index is 1070. The van der Waals surface area contributed by atoms with Gasteiger partial charge in [0.25, 0.3) is 5.91 Å². The average Bonchev–Trinajstić information content (AvgIpc) is 3.01. The lowest BCUT2D eigenvalue weighted by Gasteiger charge is -2.07. The van der Waals surface area contributed by atoms with Crippen molar-refractivity contribution in [2.75, 3.05) is 11.9 Å². The molecule has 3 rings (SSSR count). The van der Waals surface area contributed by atoms with E-state index in [1.807, 2.05) is 0 Å². The van der Waals surface area contributed by atoms with Crippen molar-refractivity contribution in [3.05, 3.63) is 52.0 Å². The normalized spacial score (nSPS) is 11.8. The van der Waals surface area contributed by atoms with Crippen LogP contribution in [0.4, 0.5) is 18.3 Å². The van der Waals surface area contributed by atoms with E-state index in [4.69, 9.17) is 28.0 Å². The smallest absolute Gasteiger partial charge is 0.406 e. The molecule has 152 valence electrons. The van der Waals surface area contributed by atoms with Crippen molar-refractivity contribution in [1.29, 1.82) is 0 Å².